The van der Waals surface area contributed by atoms with Crippen molar-refractivity contribution in [2.75, 3.05) is 0 Å². The van der Waals surface area contributed by atoms with Gasteiger partial charge < -0.3 is 4.98 Å². The molecule has 0 saturated heterocycles. The highest BCUT2D eigenvalue weighted by Gasteiger charge is 2.48. The average Bonchev–Trinajstić information content (AvgIpc) is 2.82. The number of aromatic nitrogens is 1. The Kier molecular flexibility index (Phi) is 2.11. The summed E-state index contributed by atoms with van der Waals surface area (Å²) in [5.41, 5.74) is 9.13. The number of rotatable bonds is 1. The van der Waals surface area contributed by atoms with E-state index < -0.39 is 0 Å². The van der Waals surface area contributed by atoms with Crippen LogP contribution in [0.3, 0.4) is 0 Å². The van der Waals surface area contributed by atoms with Crippen LogP contribution in [0.25, 0.3) is 11.1 Å². The summed E-state index contributed by atoms with van der Waals surface area (Å²) in [6.07, 6.45) is 3.99. The van der Waals surface area contributed by atoms with Gasteiger partial charge in [-0.2, -0.15) is 0 Å². The lowest BCUT2D eigenvalue weighted by Gasteiger charge is -2.40. The van der Waals surface area contributed by atoms with Crippen LogP contribution in [0.15, 0.2) is 24.3 Å². The van der Waals surface area contributed by atoms with Gasteiger partial charge in [0.2, 0.25) is 0 Å². The lowest BCUT2D eigenvalue weighted by molar-refractivity contribution is 0.301. The molecule has 19 heavy (non-hydrogen) atoms. The van der Waals surface area contributed by atoms with E-state index in [2.05, 4.69) is 50.0 Å². The van der Waals surface area contributed by atoms with E-state index in [4.69, 9.17) is 0 Å². The van der Waals surface area contributed by atoms with Gasteiger partial charge in [-0.25, -0.2) is 0 Å². The number of aromatic amines is 1. The molecule has 0 unspecified atom stereocenters. The van der Waals surface area contributed by atoms with Gasteiger partial charge in [-0.05, 0) is 42.9 Å². The fourth-order valence-electron chi connectivity index (χ4n) is 3.85. The predicted molar refractivity (Wildman–Crippen MR) is 79.7 cm³/mol. The third-order valence-electron chi connectivity index (χ3n) is 5.13. The number of fused-ring (bicyclic) bond motifs is 5. The van der Waals surface area contributed by atoms with Crippen LogP contribution in [0.4, 0.5) is 0 Å². The molecule has 0 bridgehead atoms. The highest BCUT2D eigenvalue weighted by Crippen LogP contribution is 2.58. The first kappa shape index (κ1) is 11.3. The van der Waals surface area contributed by atoms with Crippen LogP contribution in [-0.2, 0) is 5.41 Å². The first-order chi connectivity index (χ1) is 9.12. The largest absolute Gasteiger partial charge is 0.361 e. The van der Waals surface area contributed by atoms with Crippen molar-refractivity contribution in [1.82, 2.24) is 4.98 Å². The van der Waals surface area contributed by atoms with E-state index in [9.17, 15) is 0 Å². The summed E-state index contributed by atoms with van der Waals surface area (Å²) in [5.74, 6) is 0.580. The minimum atomic E-state index is 0.323. The Morgan fingerprint density at radius 1 is 1.11 bits per heavy atom. The minimum absolute atomic E-state index is 0.323. The Labute approximate surface area is 115 Å². The van der Waals surface area contributed by atoms with Crippen molar-refractivity contribution in [2.24, 2.45) is 0 Å². The van der Waals surface area contributed by atoms with Gasteiger partial charge in [0.25, 0.3) is 0 Å². The molecular weight excluding hydrogens is 230 g/mol. The number of nitrogens with one attached hydrogen (secondary N) is 1. The van der Waals surface area contributed by atoms with Crippen LogP contribution in [-0.4, -0.2) is 4.98 Å². The average molecular weight is 251 g/mol. The molecule has 4 rings (SSSR count). The Balaban J connectivity index is 1.99. The van der Waals surface area contributed by atoms with Gasteiger partial charge in [0.15, 0.2) is 0 Å². The molecule has 1 heteroatoms. The number of benzene rings is 1. The zero-order valence-electron chi connectivity index (χ0n) is 12.0. The van der Waals surface area contributed by atoms with Crippen LogP contribution in [0.2, 0.25) is 0 Å². The first-order valence-electron chi connectivity index (χ1n) is 7.47. The fourth-order valence-corrected chi connectivity index (χ4v) is 3.85. The van der Waals surface area contributed by atoms with Crippen molar-refractivity contribution in [3.05, 3.63) is 46.8 Å². The fraction of sp³-hybridized carbons (Fsp3) is 0.444. The van der Waals surface area contributed by atoms with Gasteiger partial charge in [0.05, 0.1) is 0 Å². The summed E-state index contributed by atoms with van der Waals surface area (Å²) in [5, 5.41) is 0. The number of H-pyrrole nitrogens is 1. The van der Waals surface area contributed by atoms with Crippen molar-refractivity contribution < 1.29 is 0 Å². The standard InChI is InChI=1S/C18H21N/c1-11(2)16-10-14-13-6-5-12(3)9-15(13)18(7-4-8-18)17(14)19-16/h5-6,9-11,19H,4,7-8H2,1-3H3. The van der Waals surface area contributed by atoms with Crippen LogP contribution < -0.4 is 0 Å². The molecule has 1 fully saturated rings. The Morgan fingerprint density at radius 2 is 1.89 bits per heavy atom. The zero-order chi connectivity index (χ0) is 13.2. The van der Waals surface area contributed by atoms with Crippen molar-refractivity contribution in [3.63, 3.8) is 0 Å². The molecule has 1 saturated carbocycles. The van der Waals surface area contributed by atoms with Crippen LogP contribution in [0.1, 0.15) is 61.5 Å². The second-order valence-corrected chi connectivity index (χ2v) is 6.65. The van der Waals surface area contributed by atoms with Crippen molar-refractivity contribution in [2.45, 2.75) is 51.4 Å². The maximum Gasteiger partial charge on any atom is 0.0366 e. The summed E-state index contributed by atoms with van der Waals surface area (Å²) in [6.45, 7) is 6.74. The lowest BCUT2D eigenvalue weighted by atomic mass is 9.64. The van der Waals surface area contributed by atoms with Crippen molar-refractivity contribution >= 4 is 0 Å². The summed E-state index contributed by atoms with van der Waals surface area (Å²) in [7, 11) is 0. The molecular formula is C18H21N. The first-order valence-corrected chi connectivity index (χ1v) is 7.47. The summed E-state index contributed by atoms with van der Waals surface area (Å²) >= 11 is 0. The molecule has 2 aliphatic carbocycles. The van der Waals surface area contributed by atoms with E-state index in [1.54, 1.807) is 5.56 Å². The quantitative estimate of drug-likeness (QED) is 0.742. The van der Waals surface area contributed by atoms with Crippen LogP contribution in [0.5, 0.6) is 0 Å². The van der Waals surface area contributed by atoms with E-state index in [-0.39, 0.29) is 0 Å². The van der Waals surface area contributed by atoms with Gasteiger partial charge in [-0.3, -0.25) is 0 Å². The van der Waals surface area contributed by atoms with Gasteiger partial charge in [0, 0.05) is 22.4 Å². The molecule has 1 spiro atoms. The normalized spacial score (nSPS) is 18.5. The van der Waals surface area contributed by atoms with E-state index in [1.165, 1.54) is 47.3 Å². The highest BCUT2D eigenvalue weighted by atomic mass is 14.8. The van der Waals surface area contributed by atoms with Gasteiger partial charge in [0.1, 0.15) is 0 Å². The molecule has 2 aromatic rings. The molecule has 1 heterocycles. The van der Waals surface area contributed by atoms with Crippen LogP contribution >= 0.6 is 0 Å². The summed E-state index contributed by atoms with van der Waals surface area (Å²) in [6, 6.07) is 9.38. The number of aryl methyl sites for hydroxylation is 1. The second-order valence-electron chi connectivity index (χ2n) is 6.65. The third-order valence-corrected chi connectivity index (χ3v) is 5.13. The molecule has 1 aromatic carbocycles. The number of hydrogen-bond donors (Lipinski definition) is 1. The van der Waals surface area contributed by atoms with E-state index in [1.807, 2.05) is 0 Å². The minimum Gasteiger partial charge on any atom is -0.361 e. The van der Waals surface area contributed by atoms with E-state index in [0.29, 0.717) is 11.3 Å². The highest BCUT2D eigenvalue weighted by molar-refractivity contribution is 5.81. The van der Waals surface area contributed by atoms with Gasteiger partial charge in [-0.15, -0.1) is 0 Å². The molecule has 0 aliphatic heterocycles. The van der Waals surface area contributed by atoms with Gasteiger partial charge >= 0.3 is 0 Å². The Bertz CT molecular complexity index is 656. The monoisotopic (exact) mass is 251 g/mol. The molecule has 0 amide bonds. The molecule has 98 valence electrons. The molecule has 1 aromatic heterocycles. The zero-order valence-corrected chi connectivity index (χ0v) is 12.0. The Hall–Kier alpha value is -1.50. The smallest absolute Gasteiger partial charge is 0.0366 e. The van der Waals surface area contributed by atoms with Crippen molar-refractivity contribution in [3.8, 4) is 11.1 Å². The maximum absolute atomic E-state index is 3.75. The second kappa shape index (κ2) is 3.53. The van der Waals surface area contributed by atoms with Gasteiger partial charge in [-0.1, -0.05) is 44.0 Å². The number of hydrogen-bond acceptors (Lipinski definition) is 0. The third kappa shape index (κ3) is 1.31. The lowest BCUT2D eigenvalue weighted by Crippen LogP contribution is -2.33. The topological polar surface area (TPSA) is 15.8 Å². The molecule has 1 N–H and O–H groups in total. The van der Waals surface area contributed by atoms with E-state index >= 15 is 0 Å². The SMILES string of the molecule is Cc1ccc2c(c1)C1(CCC1)c1[nH]c(C(C)C)cc1-2. The summed E-state index contributed by atoms with van der Waals surface area (Å²) in [4.78, 5) is 3.75. The molecule has 0 radical (unpaired) electrons. The molecule has 0 atom stereocenters. The van der Waals surface area contributed by atoms with Crippen molar-refractivity contribution in [1.29, 1.82) is 0 Å². The van der Waals surface area contributed by atoms with Crippen LogP contribution in [0, 0.1) is 6.92 Å². The molecule has 1 nitrogen and oxygen atoms in total. The summed E-state index contributed by atoms with van der Waals surface area (Å²) < 4.78 is 0. The Morgan fingerprint density at radius 3 is 2.53 bits per heavy atom. The predicted octanol–water partition coefficient (Wildman–Crippen LogP) is 4.90. The van der Waals surface area contributed by atoms with E-state index in [0.717, 1.165) is 0 Å². The maximum atomic E-state index is 3.75. The molecule has 2 aliphatic rings.